The zero-order chi connectivity index (χ0) is 25.8. The number of carbonyl (C=O) groups excluding carboxylic acids is 1. The minimum Gasteiger partial charge on any atom is -0.494 e. The number of rotatable bonds is 7. The molecule has 2 unspecified atom stereocenters. The van der Waals surface area contributed by atoms with Crippen molar-refractivity contribution < 1.29 is 14.3 Å². The first-order chi connectivity index (χ1) is 18.1. The van der Waals surface area contributed by atoms with Crippen molar-refractivity contribution in [1.29, 1.82) is 0 Å². The first-order valence-electron chi connectivity index (χ1n) is 12.9. The van der Waals surface area contributed by atoms with Crippen LogP contribution in [0.2, 0.25) is 5.02 Å². The van der Waals surface area contributed by atoms with E-state index in [4.69, 9.17) is 26.2 Å². The summed E-state index contributed by atoms with van der Waals surface area (Å²) in [5.74, 6) is 1.64. The minimum absolute atomic E-state index is 0.115. The smallest absolute Gasteiger partial charge is 0.274 e. The molecule has 0 saturated heterocycles. The van der Waals surface area contributed by atoms with Crippen LogP contribution in [-0.2, 0) is 0 Å². The highest BCUT2D eigenvalue weighted by Gasteiger charge is 2.44. The van der Waals surface area contributed by atoms with Crippen LogP contribution in [0.25, 0.3) is 6.08 Å². The number of amides is 1. The van der Waals surface area contributed by atoms with Crippen LogP contribution < -0.4 is 9.47 Å². The number of halogens is 1. The van der Waals surface area contributed by atoms with Gasteiger partial charge in [-0.2, -0.15) is 5.10 Å². The Kier molecular flexibility index (Phi) is 7.61. The van der Waals surface area contributed by atoms with Crippen molar-refractivity contribution in [3.05, 3.63) is 100 Å². The summed E-state index contributed by atoms with van der Waals surface area (Å²) < 4.78 is 11.2. The molecule has 1 aliphatic heterocycles. The van der Waals surface area contributed by atoms with Crippen LogP contribution in [0.15, 0.2) is 83.5 Å². The third-order valence-electron chi connectivity index (χ3n) is 6.85. The Hall–Kier alpha value is -3.57. The van der Waals surface area contributed by atoms with Crippen molar-refractivity contribution in [1.82, 2.24) is 5.01 Å². The van der Waals surface area contributed by atoms with Gasteiger partial charge in [-0.3, -0.25) is 4.79 Å². The van der Waals surface area contributed by atoms with Gasteiger partial charge in [0.15, 0.2) is 0 Å². The molecule has 1 heterocycles. The van der Waals surface area contributed by atoms with Crippen molar-refractivity contribution in [2.24, 2.45) is 11.0 Å². The number of ether oxygens (including phenoxy) is 2. The fraction of sp³-hybridized carbons (Fsp3) is 0.290. The zero-order valence-electron chi connectivity index (χ0n) is 21.2. The van der Waals surface area contributed by atoms with Crippen LogP contribution in [0.5, 0.6) is 11.5 Å². The Morgan fingerprint density at radius 1 is 1.00 bits per heavy atom. The first-order valence-corrected chi connectivity index (χ1v) is 13.3. The lowest BCUT2D eigenvalue weighted by molar-refractivity contribution is 0.0681. The molecular formula is C31H31ClN2O3. The normalized spacial score (nSPS) is 19.9. The lowest BCUT2D eigenvalue weighted by Crippen LogP contribution is -2.31. The maximum absolute atomic E-state index is 13.8. The van der Waals surface area contributed by atoms with Gasteiger partial charge in [-0.25, -0.2) is 5.01 Å². The molecule has 37 heavy (non-hydrogen) atoms. The fourth-order valence-corrected chi connectivity index (χ4v) is 5.40. The minimum atomic E-state index is -0.193. The van der Waals surface area contributed by atoms with Gasteiger partial charge in [-0.15, -0.1) is 0 Å². The molecular weight excluding hydrogens is 484 g/mol. The van der Waals surface area contributed by atoms with Gasteiger partial charge in [-0.05, 0) is 98.4 Å². The van der Waals surface area contributed by atoms with E-state index < -0.39 is 0 Å². The standard InChI is InChI=1S/C31H31ClN2O3/c1-3-36-26-15-11-21(12-16-26)19-23-7-6-10-28-29(23)33-34(31(35)24-8-5-9-25(32)20-24)30(28)22-13-17-27(18-14-22)37-4-2/h5,8-9,11-20,28,30H,3-4,6-7,10H2,1-2H3. The van der Waals surface area contributed by atoms with Crippen LogP contribution in [0, 0.1) is 5.92 Å². The topological polar surface area (TPSA) is 51.1 Å². The highest BCUT2D eigenvalue weighted by atomic mass is 35.5. The number of allylic oxidation sites excluding steroid dienone is 1. The SMILES string of the molecule is CCOc1ccc(C=C2CCCC3C2=NN(C(=O)c2cccc(Cl)c2)C3c2ccc(OCC)cc2)cc1. The summed E-state index contributed by atoms with van der Waals surface area (Å²) in [7, 11) is 0. The fourth-order valence-electron chi connectivity index (χ4n) is 5.21. The molecule has 0 bridgehead atoms. The Balaban J connectivity index is 1.52. The molecule has 1 saturated carbocycles. The molecule has 1 amide bonds. The van der Waals surface area contributed by atoms with Gasteiger partial charge in [-0.1, -0.05) is 41.9 Å². The first kappa shape index (κ1) is 25.1. The molecule has 5 nitrogen and oxygen atoms in total. The second-order valence-electron chi connectivity index (χ2n) is 9.26. The van der Waals surface area contributed by atoms with Crippen LogP contribution in [-0.4, -0.2) is 29.8 Å². The van der Waals surface area contributed by atoms with Crippen LogP contribution >= 0.6 is 11.6 Å². The molecule has 190 valence electrons. The number of carbonyl (C=O) groups is 1. The summed E-state index contributed by atoms with van der Waals surface area (Å²) in [6.07, 6.45) is 5.14. The van der Waals surface area contributed by atoms with E-state index in [1.807, 2.05) is 38.1 Å². The molecule has 1 fully saturated rings. The predicted octanol–water partition coefficient (Wildman–Crippen LogP) is 7.57. The Morgan fingerprint density at radius 2 is 1.68 bits per heavy atom. The molecule has 6 heteroatoms. The molecule has 3 aromatic carbocycles. The van der Waals surface area contributed by atoms with Gasteiger partial charge in [0.05, 0.1) is 25.0 Å². The maximum Gasteiger partial charge on any atom is 0.274 e. The van der Waals surface area contributed by atoms with Crippen LogP contribution in [0.1, 0.15) is 60.6 Å². The molecule has 0 N–H and O–H groups in total. The molecule has 1 aliphatic carbocycles. The van der Waals surface area contributed by atoms with Crippen LogP contribution in [0.3, 0.4) is 0 Å². The van der Waals surface area contributed by atoms with Gasteiger partial charge in [0.1, 0.15) is 11.5 Å². The summed E-state index contributed by atoms with van der Waals surface area (Å²) in [5, 5.41) is 7.19. The van der Waals surface area contributed by atoms with Gasteiger partial charge < -0.3 is 9.47 Å². The molecule has 5 rings (SSSR count). The van der Waals surface area contributed by atoms with Gasteiger partial charge in [0.25, 0.3) is 5.91 Å². The van der Waals surface area contributed by atoms with E-state index in [0.29, 0.717) is 23.8 Å². The van der Waals surface area contributed by atoms with E-state index in [1.54, 1.807) is 29.3 Å². The van der Waals surface area contributed by atoms with Crippen molar-refractivity contribution >= 4 is 29.3 Å². The molecule has 3 aromatic rings. The summed E-state index contributed by atoms with van der Waals surface area (Å²) in [4.78, 5) is 13.8. The van der Waals surface area contributed by atoms with E-state index in [9.17, 15) is 4.79 Å². The van der Waals surface area contributed by atoms with E-state index in [1.165, 1.54) is 5.57 Å². The highest BCUT2D eigenvalue weighted by molar-refractivity contribution is 6.31. The average Bonchev–Trinajstić information content (AvgIpc) is 3.31. The number of hydrogen-bond acceptors (Lipinski definition) is 4. The number of nitrogens with zero attached hydrogens (tertiary/aromatic N) is 2. The number of fused-ring (bicyclic) bond motifs is 1. The quantitative estimate of drug-likeness (QED) is 0.326. The predicted molar refractivity (Wildman–Crippen MR) is 148 cm³/mol. The summed E-state index contributed by atoms with van der Waals surface area (Å²) in [6.45, 7) is 5.20. The maximum atomic E-state index is 13.8. The summed E-state index contributed by atoms with van der Waals surface area (Å²) >= 11 is 6.22. The second-order valence-corrected chi connectivity index (χ2v) is 9.70. The third kappa shape index (κ3) is 5.42. The molecule has 2 aliphatic rings. The second kappa shape index (κ2) is 11.2. The largest absolute Gasteiger partial charge is 0.494 e. The van der Waals surface area contributed by atoms with Gasteiger partial charge in [0, 0.05) is 16.5 Å². The van der Waals surface area contributed by atoms with Gasteiger partial charge >= 0.3 is 0 Å². The third-order valence-corrected chi connectivity index (χ3v) is 7.08. The Labute approximate surface area is 223 Å². The number of benzene rings is 3. The monoisotopic (exact) mass is 514 g/mol. The lowest BCUT2D eigenvalue weighted by atomic mass is 9.77. The van der Waals surface area contributed by atoms with E-state index in [-0.39, 0.29) is 17.9 Å². The highest BCUT2D eigenvalue weighted by Crippen LogP contribution is 2.45. The van der Waals surface area contributed by atoms with Crippen molar-refractivity contribution in [2.75, 3.05) is 13.2 Å². The van der Waals surface area contributed by atoms with E-state index in [0.717, 1.165) is 47.6 Å². The Bertz CT molecular complexity index is 1320. The lowest BCUT2D eigenvalue weighted by Gasteiger charge is -2.30. The van der Waals surface area contributed by atoms with E-state index >= 15 is 0 Å². The zero-order valence-corrected chi connectivity index (χ0v) is 21.9. The van der Waals surface area contributed by atoms with Gasteiger partial charge in [0.2, 0.25) is 0 Å². The molecule has 2 atom stereocenters. The van der Waals surface area contributed by atoms with E-state index in [2.05, 4.69) is 30.3 Å². The molecule has 0 spiro atoms. The van der Waals surface area contributed by atoms with Crippen molar-refractivity contribution in [3.8, 4) is 11.5 Å². The molecule has 0 aromatic heterocycles. The molecule has 0 radical (unpaired) electrons. The number of hydrazone groups is 1. The van der Waals surface area contributed by atoms with Crippen molar-refractivity contribution in [2.45, 2.75) is 39.2 Å². The Morgan fingerprint density at radius 3 is 2.32 bits per heavy atom. The van der Waals surface area contributed by atoms with Crippen LogP contribution in [0.4, 0.5) is 0 Å². The summed E-state index contributed by atoms with van der Waals surface area (Å²) in [6, 6.07) is 23.0. The summed E-state index contributed by atoms with van der Waals surface area (Å²) in [5.41, 5.74) is 4.85. The average molecular weight is 515 g/mol. The number of hydrogen-bond donors (Lipinski definition) is 0. The van der Waals surface area contributed by atoms with Crippen molar-refractivity contribution in [3.63, 3.8) is 0 Å².